The summed E-state index contributed by atoms with van der Waals surface area (Å²) < 4.78 is 26.6. The van der Waals surface area contributed by atoms with Gasteiger partial charge >= 0.3 is 0 Å². The molecule has 0 saturated heterocycles. The summed E-state index contributed by atoms with van der Waals surface area (Å²) in [4.78, 5) is 9.01. The molecule has 0 saturated carbocycles. The SMILES string of the molecule is CCCNc1cc(Sc2ccc(F)cc2F)nc(SC)n1. The van der Waals surface area contributed by atoms with Crippen molar-refractivity contribution in [2.45, 2.75) is 28.4 Å². The molecule has 0 aliphatic heterocycles. The van der Waals surface area contributed by atoms with E-state index in [0.717, 1.165) is 30.8 Å². The second-order valence-electron chi connectivity index (χ2n) is 4.18. The highest BCUT2D eigenvalue weighted by Gasteiger charge is 2.09. The fourth-order valence-electron chi connectivity index (χ4n) is 1.56. The summed E-state index contributed by atoms with van der Waals surface area (Å²) in [5.41, 5.74) is 0. The van der Waals surface area contributed by atoms with Gasteiger partial charge in [0.25, 0.3) is 0 Å². The average Bonchev–Trinajstić information content (AvgIpc) is 2.48. The predicted molar refractivity (Wildman–Crippen MR) is 83.1 cm³/mol. The minimum absolute atomic E-state index is 0.337. The van der Waals surface area contributed by atoms with Gasteiger partial charge in [0.2, 0.25) is 0 Å². The molecular formula is C14H15F2N3S2. The Labute approximate surface area is 131 Å². The van der Waals surface area contributed by atoms with Crippen LogP contribution in [-0.2, 0) is 0 Å². The monoisotopic (exact) mass is 327 g/mol. The van der Waals surface area contributed by atoms with Crippen LogP contribution < -0.4 is 5.32 Å². The first-order chi connectivity index (χ1) is 10.1. The first-order valence-electron chi connectivity index (χ1n) is 6.42. The van der Waals surface area contributed by atoms with E-state index >= 15 is 0 Å². The molecule has 0 unspecified atom stereocenters. The smallest absolute Gasteiger partial charge is 0.190 e. The summed E-state index contributed by atoms with van der Waals surface area (Å²) in [5, 5.41) is 4.42. The van der Waals surface area contributed by atoms with E-state index in [-0.39, 0.29) is 0 Å². The molecule has 7 heteroatoms. The number of nitrogens with one attached hydrogen (secondary N) is 1. The number of anilines is 1. The molecule has 0 fully saturated rings. The molecule has 21 heavy (non-hydrogen) atoms. The van der Waals surface area contributed by atoms with E-state index in [1.165, 1.54) is 23.9 Å². The van der Waals surface area contributed by atoms with Crippen molar-refractivity contribution in [3.05, 3.63) is 35.9 Å². The van der Waals surface area contributed by atoms with Crippen LogP contribution in [0.4, 0.5) is 14.6 Å². The Kier molecular flexibility index (Phi) is 5.81. The summed E-state index contributed by atoms with van der Waals surface area (Å²) in [6, 6.07) is 5.28. The van der Waals surface area contributed by atoms with Crippen LogP contribution in [0.3, 0.4) is 0 Å². The molecule has 1 aromatic heterocycles. The van der Waals surface area contributed by atoms with Gasteiger partial charge < -0.3 is 5.32 Å². The number of hydrogen-bond donors (Lipinski definition) is 1. The van der Waals surface area contributed by atoms with E-state index in [1.807, 2.05) is 6.26 Å². The lowest BCUT2D eigenvalue weighted by molar-refractivity contribution is 0.565. The zero-order chi connectivity index (χ0) is 15.2. The first-order valence-corrected chi connectivity index (χ1v) is 8.46. The summed E-state index contributed by atoms with van der Waals surface area (Å²) in [5.74, 6) is -0.469. The van der Waals surface area contributed by atoms with Gasteiger partial charge in [0.15, 0.2) is 5.16 Å². The van der Waals surface area contributed by atoms with E-state index in [9.17, 15) is 8.78 Å². The number of hydrogen-bond acceptors (Lipinski definition) is 5. The van der Waals surface area contributed by atoms with Gasteiger partial charge in [-0.25, -0.2) is 18.7 Å². The third-order valence-electron chi connectivity index (χ3n) is 2.53. The van der Waals surface area contributed by atoms with Gasteiger partial charge in [-0.3, -0.25) is 0 Å². The van der Waals surface area contributed by atoms with E-state index < -0.39 is 11.6 Å². The Morgan fingerprint density at radius 2 is 2.00 bits per heavy atom. The van der Waals surface area contributed by atoms with Crippen LogP contribution >= 0.6 is 23.5 Å². The van der Waals surface area contributed by atoms with Crippen molar-refractivity contribution in [1.29, 1.82) is 0 Å². The van der Waals surface area contributed by atoms with Crippen LogP contribution in [0, 0.1) is 11.6 Å². The van der Waals surface area contributed by atoms with E-state index in [4.69, 9.17) is 0 Å². The van der Waals surface area contributed by atoms with Crippen molar-refractivity contribution in [2.24, 2.45) is 0 Å². The van der Waals surface area contributed by atoms with Crippen LogP contribution in [0.25, 0.3) is 0 Å². The molecule has 0 atom stereocenters. The quantitative estimate of drug-likeness (QED) is 0.482. The Morgan fingerprint density at radius 1 is 1.19 bits per heavy atom. The van der Waals surface area contributed by atoms with Gasteiger partial charge in [-0.05, 0) is 24.8 Å². The highest BCUT2D eigenvalue weighted by molar-refractivity contribution is 7.99. The van der Waals surface area contributed by atoms with Crippen molar-refractivity contribution in [3.63, 3.8) is 0 Å². The fourth-order valence-corrected chi connectivity index (χ4v) is 2.82. The third-order valence-corrected chi connectivity index (χ3v) is 4.05. The molecule has 2 rings (SSSR count). The average molecular weight is 327 g/mol. The predicted octanol–water partition coefficient (Wildman–Crippen LogP) is 4.45. The zero-order valence-corrected chi connectivity index (χ0v) is 13.3. The molecule has 0 spiro atoms. The first kappa shape index (κ1) is 16.0. The number of thioether (sulfide) groups is 1. The van der Waals surface area contributed by atoms with Gasteiger partial charge in [-0.2, -0.15) is 0 Å². The van der Waals surface area contributed by atoms with Crippen molar-refractivity contribution < 1.29 is 8.78 Å². The molecule has 0 radical (unpaired) electrons. The molecule has 1 aromatic carbocycles. The summed E-state index contributed by atoms with van der Waals surface area (Å²) in [6.45, 7) is 2.87. The molecule has 0 bridgehead atoms. The minimum Gasteiger partial charge on any atom is -0.370 e. The maximum Gasteiger partial charge on any atom is 0.190 e. The van der Waals surface area contributed by atoms with Crippen molar-refractivity contribution in [3.8, 4) is 0 Å². The molecule has 0 amide bonds. The van der Waals surface area contributed by atoms with Crippen LogP contribution in [0.5, 0.6) is 0 Å². The normalized spacial score (nSPS) is 10.7. The number of halogens is 2. The lowest BCUT2D eigenvalue weighted by Gasteiger charge is -2.08. The van der Waals surface area contributed by atoms with Crippen LogP contribution in [0.1, 0.15) is 13.3 Å². The Bertz CT molecular complexity index is 623. The van der Waals surface area contributed by atoms with Crippen molar-refractivity contribution in [2.75, 3.05) is 18.1 Å². The third kappa shape index (κ3) is 4.57. The van der Waals surface area contributed by atoms with E-state index in [2.05, 4.69) is 22.2 Å². The van der Waals surface area contributed by atoms with Crippen LogP contribution in [0.2, 0.25) is 0 Å². The van der Waals surface area contributed by atoms with Gasteiger partial charge in [0, 0.05) is 23.6 Å². The molecule has 1 heterocycles. The van der Waals surface area contributed by atoms with Crippen molar-refractivity contribution >= 4 is 29.3 Å². The highest BCUT2D eigenvalue weighted by Crippen LogP contribution is 2.31. The second kappa shape index (κ2) is 7.61. The Morgan fingerprint density at radius 3 is 2.67 bits per heavy atom. The van der Waals surface area contributed by atoms with Gasteiger partial charge in [0.1, 0.15) is 22.5 Å². The summed E-state index contributed by atoms with van der Waals surface area (Å²) >= 11 is 2.57. The largest absolute Gasteiger partial charge is 0.370 e. The maximum atomic E-state index is 13.7. The summed E-state index contributed by atoms with van der Waals surface area (Å²) in [7, 11) is 0. The molecule has 2 aromatic rings. The lowest BCUT2D eigenvalue weighted by atomic mass is 10.3. The molecule has 3 nitrogen and oxygen atoms in total. The van der Waals surface area contributed by atoms with E-state index in [0.29, 0.717) is 20.9 Å². The Balaban J connectivity index is 2.25. The minimum atomic E-state index is -0.590. The molecule has 0 aliphatic carbocycles. The topological polar surface area (TPSA) is 37.8 Å². The van der Waals surface area contributed by atoms with Gasteiger partial charge in [0.05, 0.1) is 0 Å². The van der Waals surface area contributed by atoms with E-state index in [1.54, 1.807) is 6.07 Å². The molecule has 0 aliphatic rings. The highest BCUT2D eigenvalue weighted by atomic mass is 32.2. The molecule has 112 valence electrons. The van der Waals surface area contributed by atoms with Crippen LogP contribution in [0.15, 0.2) is 39.3 Å². The van der Waals surface area contributed by atoms with Crippen LogP contribution in [-0.4, -0.2) is 22.8 Å². The maximum absolute atomic E-state index is 13.7. The molecule has 1 N–H and O–H groups in total. The summed E-state index contributed by atoms with van der Waals surface area (Å²) in [6.07, 6.45) is 2.86. The van der Waals surface area contributed by atoms with Gasteiger partial charge in [-0.1, -0.05) is 30.4 Å². The van der Waals surface area contributed by atoms with Crippen molar-refractivity contribution in [1.82, 2.24) is 9.97 Å². The number of rotatable bonds is 6. The fraction of sp³-hybridized carbons (Fsp3) is 0.286. The zero-order valence-electron chi connectivity index (χ0n) is 11.7. The van der Waals surface area contributed by atoms with Gasteiger partial charge in [-0.15, -0.1) is 0 Å². The standard InChI is InChI=1S/C14H15F2N3S2/c1-3-6-17-12-8-13(19-14(18-12)20-2)21-11-5-4-9(15)7-10(11)16/h4-5,7-8H,3,6H2,1-2H3,(H,17,18,19). The Hall–Kier alpha value is -1.34. The number of nitrogens with zero attached hydrogens (tertiary/aromatic N) is 2. The number of benzene rings is 1. The molecular weight excluding hydrogens is 312 g/mol. The lowest BCUT2D eigenvalue weighted by Crippen LogP contribution is -2.03. The number of aromatic nitrogens is 2. The second-order valence-corrected chi connectivity index (χ2v) is 6.02.